The highest BCUT2D eigenvalue weighted by atomic mass is 16.3. The van der Waals surface area contributed by atoms with E-state index >= 15 is 0 Å². The summed E-state index contributed by atoms with van der Waals surface area (Å²) in [6.45, 7) is 0. The zero-order valence-electron chi connectivity index (χ0n) is 12.3. The van der Waals surface area contributed by atoms with E-state index in [0.29, 0.717) is 6.04 Å². The molecule has 2 heteroatoms. The van der Waals surface area contributed by atoms with E-state index in [2.05, 4.69) is 35.6 Å². The van der Waals surface area contributed by atoms with E-state index < -0.39 is 0 Å². The second-order valence-corrected chi connectivity index (χ2v) is 6.14. The number of anilines is 1. The molecule has 1 saturated carbocycles. The minimum Gasteiger partial charge on any atom is -0.456 e. The lowest BCUT2D eigenvalue weighted by Gasteiger charge is -2.17. The fraction of sp³-hybridized carbons (Fsp3) is 0.368. The average molecular weight is 279 g/mol. The first kappa shape index (κ1) is 12.8. The summed E-state index contributed by atoms with van der Waals surface area (Å²) < 4.78 is 5.89. The molecule has 0 saturated heterocycles. The number of nitrogens with one attached hydrogen (secondary N) is 1. The van der Waals surface area contributed by atoms with E-state index in [1.807, 2.05) is 12.1 Å². The Bertz CT molecular complexity index is 750. The highest BCUT2D eigenvalue weighted by molar-refractivity contribution is 6.05. The maximum absolute atomic E-state index is 5.89. The molecule has 2 nitrogen and oxygen atoms in total. The zero-order chi connectivity index (χ0) is 14.1. The molecule has 0 atom stereocenters. The van der Waals surface area contributed by atoms with Crippen molar-refractivity contribution >= 4 is 27.6 Å². The molecule has 108 valence electrons. The van der Waals surface area contributed by atoms with Gasteiger partial charge in [-0.1, -0.05) is 43.9 Å². The normalized spacial score (nSPS) is 17.1. The van der Waals surface area contributed by atoms with Gasteiger partial charge in [0.25, 0.3) is 0 Å². The van der Waals surface area contributed by atoms with Gasteiger partial charge in [-0.05, 0) is 37.1 Å². The number of para-hydroxylation sites is 1. The van der Waals surface area contributed by atoms with E-state index in [-0.39, 0.29) is 0 Å². The molecular weight excluding hydrogens is 258 g/mol. The number of hydrogen-bond donors (Lipinski definition) is 1. The van der Waals surface area contributed by atoms with Crippen molar-refractivity contribution in [2.24, 2.45) is 0 Å². The number of rotatable bonds is 2. The van der Waals surface area contributed by atoms with Crippen molar-refractivity contribution in [3.63, 3.8) is 0 Å². The van der Waals surface area contributed by atoms with Gasteiger partial charge in [0.1, 0.15) is 11.2 Å². The van der Waals surface area contributed by atoms with Gasteiger partial charge in [0.05, 0.1) is 0 Å². The molecule has 0 amide bonds. The Hall–Kier alpha value is -1.96. The van der Waals surface area contributed by atoms with Crippen molar-refractivity contribution in [1.29, 1.82) is 0 Å². The van der Waals surface area contributed by atoms with Crippen LogP contribution in [0.15, 0.2) is 46.9 Å². The average Bonchev–Trinajstić information content (AvgIpc) is 2.68. The van der Waals surface area contributed by atoms with Gasteiger partial charge in [-0.2, -0.15) is 0 Å². The first-order chi connectivity index (χ1) is 10.4. The monoisotopic (exact) mass is 279 g/mol. The Labute approximate surface area is 125 Å². The lowest BCUT2D eigenvalue weighted by molar-refractivity contribution is 0.620. The predicted octanol–water partition coefficient (Wildman–Crippen LogP) is 5.72. The lowest BCUT2D eigenvalue weighted by Crippen LogP contribution is -2.17. The van der Waals surface area contributed by atoms with Crippen molar-refractivity contribution in [3.05, 3.63) is 42.5 Å². The van der Waals surface area contributed by atoms with Crippen LogP contribution in [0.2, 0.25) is 0 Å². The first-order valence-corrected chi connectivity index (χ1v) is 8.08. The van der Waals surface area contributed by atoms with Gasteiger partial charge in [-0.3, -0.25) is 0 Å². The van der Waals surface area contributed by atoms with Crippen LogP contribution in [-0.4, -0.2) is 6.04 Å². The fourth-order valence-electron chi connectivity index (χ4n) is 3.48. The van der Waals surface area contributed by atoms with Crippen LogP contribution in [0, 0.1) is 0 Å². The van der Waals surface area contributed by atoms with Crippen molar-refractivity contribution in [3.8, 4) is 0 Å². The van der Waals surface area contributed by atoms with Gasteiger partial charge in [0.2, 0.25) is 0 Å². The van der Waals surface area contributed by atoms with E-state index in [1.165, 1.54) is 55.0 Å². The second-order valence-electron chi connectivity index (χ2n) is 6.14. The summed E-state index contributed by atoms with van der Waals surface area (Å²) in [4.78, 5) is 0. The predicted molar refractivity (Wildman–Crippen MR) is 88.8 cm³/mol. The summed E-state index contributed by atoms with van der Waals surface area (Å²) in [5.74, 6) is 0. The van der Waals surface area contributed by atoms with Crippen LogP contribution in [0.3, 0.4) is 0 Å². The number of fused-ring (bicyclic) bond motifs is 3. The Kier molecular flexibility index (Phi) is 3.30. The zero-order valence-corrected chi connectivity index (χ0v) is 12.3. The molecule has 0 spiro atoms. The summed E-state index contributed by atoms with van der Waals surface area (Å²) >= 11 is 0. The SMILES string of the molecule is c1ccc2c(c1)oc1ccc(NC3CCCCCC3)cc12. The number of furan rings is 1. The van der Waals surface area contributed by atoms with Gasteiger partial charge < -0.3 is 9.73 Å². The van der Waals surface area contributed by atoms with Crippen LogP contribution in [-0.2, 0) is 0 Å². The molecule has 4 rings (SSSR count). The number of benzene rings is 2. The third-order valence-corrected chi connectivity index (χ3v) is 4.60. The quantitative estimate of drug-likeness (QED) is 0.607. The molecular formula is C19H21NO. The summed E-state index contributed by atoms with van der Waals surface area (Å²) in [5, 5.41) is 6.14. The summed E-state index contributed by atoms with van der Waals surface area (Å²) in [5.41, 5.74) is 3.17. The standard InChI is InChI=1S/C19H21NO/c1-2-4-8-14(7-3-1)20-15-11-12-19-17(13-15)16-9-5-6-10-18(16)21-19/h5-6,9-14,20H,1-4,7-8H2. The first-order valence-electron chi connectivity index (χ1n) is 8.08. The van der Waals surface area contributed by atoms with Gasteiger partial charge in [-0.25, -0.2) is 0 Å². The van der Waals surface area contributed by atoms with E-state index in [9.17, 15) is 0 Å². The van der Waals surface area contributed by atoms with Crippen molar-refractivity contribution in [2.75, 3.05) is 5.32 Å². The molecule has 21 heavy (non-hydrogen) atoms. The molecule has 1 fully saturated rings. The highest BCUT2D eigenvalue weighted by Crippen LogP contribution is 2.31. The molecule has 0 aliphatic heterocycles. The molecule has 1 aliphatic rings. The Morgan fingerprint density at radius 2 is 1.57 bits per heavy atom. The molecule has 0 unspecified atom stereocenters. The van der Waals surface area contributed by atoms with Gasteiger partial charge in [0, 0.05) is 22.5 Å². The van der Waals surface area contributed by atoms with Crippen LogP contribution in [0.4, 0.5) is 5.69 Å². The molecule has 1 N–H and O–H groups in total. The largest absolute Gasteiger partial charge is 0.456 e. The van der Waals surface area contributed by atoms with Crippen molar-refractivity contribution in [1.82, 2.24) is 0 Å². The van der Waals surface area contributed by atoms with Crippen molar-refractivity contribution < 1.29 is 4.42 Å². The lowest BCUT2D eigenvalue weighted by atomic mass is 10.1. The van der Waals surface area contributed by atoms with Gasteiger partial charge in [-0.15, -0.1) is 0 Å². The molecule has 0 radical (unpaired) electrons. The van der Waals surface area contributed by atoms with E-state index in [4.69, 9.17) is 4.42 Å². The smallest absolute Gasteiger partial charge is 0.135 e. The van der Waals surface area contributed by atoms with E-state index in [0.717, 1.165) is 11.2 Å². The summed E-state index contributed by atoms with van der Waals surface area (Å²) in [6.07, 6.45) is 8.09. The molecule has 2 aromatic carbocycles. The molecule has 3 aromatic rings. The second kappa shape index (κ2) is 5.44. The maximum atomic E-state index is 5.89. The highest BCUT2D eigenvalue weighted by Gasteiger charge is 2.13. The molecule has 0 bridgehead atoms. The number of hydrogen-bond acceptors (Lipinski definition) is 2. The van der Waals surface area contributed by atoms with Crippen LogP contribution >= 0.6 is 0 Å². The van der Waals surface area contributed by atoms with Gasteiger partial charge >= 0.3 is 0 Å². The molecule has 1 aromatic heterocycles. The van der Waals surface area contributed by atoms with E-state index in [1.54, 1.807) is 0 Å². The van der Waals surface area contributed by atoms with Crippen LogP contribution in [0.1, 0.15) is 38.5 Å². The third kappa shape index (κ3) is 2.51. The minimum absolute atomic E-state index is 0.628. The molecule has 1 aliphatic carbocycles. The Morgan fingerprint density at radius 3 is 2.43 bits per heavy atom. The third-order valence-electron chi connectivity index (χ3n) is 4.60. The van der Waals surface area contributed by atoms with Gasteiger partial charge in [0.15, 0.2) is 0 Å². The summed E-state index contributed by atoms with van der Waals surface area (Å²) in [7, 11) is 0. The van der Waals surface area contributed by atoms with Crippen molar-refractivity contribution in [2.45, 2.75) is 44.6 Å². The van der Waals surface area contributed by atoms with Crippen LogP contribution in [0.5, 0.6) is 0 Å². The topological polar surface area (TPSA) is 25.2 Å². The Balaban J connectivity index is 1.67. The minimum atomic E-state index is 0.628. The fourth-order valence-corrected chi connectivity index (χ4v) is 3.48. The molecule has 1 heterocycles. The Morgan fingerprint density at radius 1 is 0.810 bits per heavy atom. The van der Waals surface area contributed by atoms with Crippen LogP contribution in [0.25, 0.3) is 21.9 Å². The van der Waals surface area contributed by atoms with Crippen LogP contribution < -0.4 is 5.32 Å². The maximum Gasteiger partial charge on any atom is 0.135 e. The summed E-state index contributed by atoms with van der Waals surface area (Å²) in [6, 6.07) is 15.4.